The summed E-state index contributed by atoms with van der Waals surface area (Å²) in [5, 5.41) is 3.85. The fourth-order valence-corrected chi connectivity index (χ4v) is 2.30. The van der Waals surface area contributed by atoms with Crippen molar-refractivity contribution in [1.29, 1.82) is 0 Å². The van der Waals surface area contributed by atoms with Gasteiger partial charge in [-0.15, -0.1) is 0 Å². The Morgan fingerprint density at radius 2 is 1.95 bits per heavy atom. The number of aryl methyl sites for hydroxylation is 1. The molecule has 2 aromatic rings. The monoisotopic (exact) mass is 290 g/mol. The first-order valence-electron chi connectivity index (χ1n) is 6.48. The second-order valence-electron chi connectivity index (χ2n) is 4.60. The fourth-order valence-electron chi connectivity index (χ4n) is 2.11. The van der Waals surface area contributed by atoms with Crippen molar-refractivity contribution in [2.45, 2.75) is 13.5 Å². The normalized spacial score (nSPS) is 13.1. The standard InChI is InChI=1S/C15H15ClN2O2/c1-10-12(3-5-15(16)18-10)17-9-11-2-4-13-14(8-11)20-7-6-19-13/h2-5,8,17H,6-7,9H2,1H3. The van der Waals surface area contributed by atoms with Gasteiger partial charge in [-0.1, -0.05) is 17.7 Å². The molecule has 104 valence electrons. The quantitative estimate of drug-likeness (QED) is 0.880. The zero-order chi connectivity index (χ0) is 13.9. The van der Waals surface area contributed by atoms with E-state index in [9.17, 15) is 0 Å². The summed E-state index contributed by atoms with van der Waals surface area (Å²) < 4.78 is 11.1. The molecule has 0 saturated carbocycles. The van der Waals surface area contributed by atoms with Crippen molar-refractivity contribution in [3.05, 3.63) is 46.7 Å². The van der Waals surface area contributed by atoms with Crippen molar-refractivity contribution in [3.63, 3.8) is 0 Å². The van der Waals surface area contributed by atoms with Gasteiger partial charge in [-0.3, -0.25) is 0 Å². The van der Waals surface area contributed by atoms with Gasteiger partial charge in [0.1, 0.15) is 18.4 Å². The number of pyridine rings is 1. The molecular weight excluding hydrogens is 276 g/mol. The molecule has 1 aromatic carbocycles. The van der Waals surface area contributed by atoms with Crippen LogP contribution in [-0.4, -0.2) is 18.2 Å². The van der Waals surface area contributed by atoms with E-state index in [0.717, 1.165) is 28.4 Å². The van der Waals surface area contributed by atoms with Crippen LogP contribution >= 0.6 is 11.6 Å². The Labute approximate surface area is 122 Å². The van der Waals surface area contributed by atoms with Crippen molar-refractivity contribution in [2.24, 2.45) is 0 Å². The molecule has 0 saturated heterocycles. The molecule has 0 amide bonds. The van der Waals surface area contributed by atoms with E-state index in [1.807, 2.05) is 31.2 Å². The lowest BCUT2D eigenvalue weighted by atomic mass is 10.2. The third-order valence-electron chi connectivity index (χ3n) is 3.14. The van der Waals surface area contributed by atoms with E-state index < -0.39 is 0 Å². The molecule has 0 spiro atoms. The zero-order valence-electron chi connectivity index (χ0n) is 11.1. The summed E-state index contributed by atoms with van der Waals surface area (Å²) in [6, 6.07) is 9.68. The topological polar surface area (TPSA) is 43.4 Å². The van der Waals surface area contributed by atoms with Crippen LogP contribution in [0, 0.1) is 6.92 Å². The summed E-state index contributed by atoms with van der Waals surface area (Å²) in [5.41, 5.74) is 2.99. The Kier molecular flexibility index (Phi) is 3.65. The van der Waals surface area contributed by atoms with Gasteiger partial charge in [0.05, 0.1) is 11.4 Å². The Morgan fingerprint density at radius 3 is 2.75 bits per heavy atom. The third kappa shape index (κ3) is 2.80. The van der Waals surface area contributed by atoms with E-state index in [0.29, 0.717) is 24.9 Å². The second-order valence-corrected chi connectivity index (χ2v) is 4.99. The molecule has 3 rings (SSSR count). The number of aromatic nitrogens is 1. The van der Waals surface area contributed by atoms with E-state index in [1.165, 1.54) is 0 Å². The van der Waals surface area contributed by atoms with Crippen molar-refractivity contribution in [1.82, 2.24) is 4.98 Å². The highest BCUT2D eigenvalue weighted by atomic mass is 35.5. The van der Waals surface area contributed by atoms with Crippen LogP contribution < -0.4 is 14.8 Å². The Bertz CT molecular complexity index is 631. The average molecular weight is 291 g/mol. The molecule has 0 bridgehead atoms. The summed E-state index contributed by atoms with van der Waals surface area (Å²) >= 11 is 5.84. The van der Waals surface area contributed by atoms with E-state index in [4.69, 9.17) is 21.1 Å². The van der Waals surface area contributed by atoms with Crippen LogP contribution in [0.25, 0.3) is 0 Å². The Morgan fingerprint density at radius 1 is 1.15 bits per heavy atom. The molecule has 20 heavy (non-hydrogen) atoms. The zero-order valence-corrected chi connectivity index (χ0v) is 11.9. The number of anilines is 1. The Balaban J connectivity index is 1.72. The number of fused-ring (bicyclic) bond motifs is 1. The molecule has 1 N–H and O–H groups in total. The molecular formula is C15H15ClN2O2. The lowest BCUT2D eigenvalue weighted by molar-refractivity contribution is 0.171. The van der Waals surface area contributed by atoms with Crippen molar-refractivity contribution in [3.8, 4) is 11.5 Å². The van der Waals surface area contributed by atoms with Crippen LogP contribution in [0.4, 0.5) is 5.69 Å². The van der Waals surface area contributed by atoms with E-state index in [-0.39, 0.29) is 0 Å². The van der Waals surface area contributed by atoms with E-state index >= 15 is 0 Å². The van der Waals surface area contributed by atoms with Crippen LogP contribution in [0.3, 0.4) is 0 Å². The SMILES string of the molecule is Cc1nc(Cl)ccc1NCc1ccc2c(c1)OCCO2. The first-order valence-corrected chi connectivity index (χ1v) is 6.86. The van der Waals surface area contributed by atoms with Gasteiger partial charge in [0, 0.05) is 6.54 Å². The van der Waals surface area contributed by atoms with Crippen molar-refractivity contribution >= 4 is 17.3 Å². The van der Waals surface area contributed by atoms with Crippen LogP contribution in [0.1, 0.15) is 11.3 Å². The average Bonchev–Trinajstić information content (AvgIpc) is 2.46. The molecule has 2 heterocycles. The number of ether oxygens (including phenoxy) is 2. The highest BCUT2D eigenvalue weighted by Gasteiger charge is 2.11. The molecule has 1 aliphatic heterocycles. The maximum absolute atomic E-state index is 5.84. The van der Waals surface area contributed by atoms with Gasteiger partial charge in [-0.05, 0) is 36.8 Å². The minimum Gasteiger partial charge on any atom is -0.486 e. The van der Waals surface area contributed by atoms with Crippen LogP contribution in [0.15, 0.2) is 30.3 Å². The molecule has 1 aliphatic rings. The summed E-state index contributed by atoms with van der Waals surface area (Å²) in [7, 11) is 0. The minimum atomic E-state index is 0.507. The largest absolute Gasteiger partial charge is 0.486 e. The van der Waals surface area contributed by atoms with Gasteiger partial charge in [-0.2, -0.15) is 0 Å². The molecule has 0 atom stereocenters. The van der Waals surface area contributed by atoms with Crippen LogP contribution in [0.2, 0.25) is 5.15 Å². The van der Waals surface area contributed by atoms with Gasteiger partial charge in [0.25, 0.3) is 0 Å². The van der Waals surface area contributed by atoms with Gasteiger partial charge < -0.3 is 14.8 Å². The summed E-state index contributed by atoms with van der Waals surface area (Å²) in [6.07, 6.45) is 0. The van der Waals surface area contributed by atoms with E-state index in [2.05, 4.69) is 10.3 Å². The molecule has 4 nitrogen and oxygen atoms in total. The van der Waals surface area contributed by atoms with Gasteiger partial charge >= 0.3 is 0 Å². The lowest BCUT2D eigenvalue weighted by Gasteiger charge is -2.19. The van der Waals surface area contributed by atoms with E-state index in [1.54, 1.807) is 6.07 Å². The molecule has 0 aliphatic carbocycles. The smallest absolute Gasteiger partial charge is 0.161 e. The number of nitrogens with zero attached hydrogens (tertiary/aromatic N) is 1. The summed E-state index contributed by atoms with van der Waals surface area (Å²) in [5.74, 6) is 1.62. The van der Waals surface area contributed by atoms with Crippen LogP contribution in [-0.2, 0) is 6.54 Å². The third-order valence-corrected chi connectivity index (χ3v) is 3.35. The number of benzene rings is 1. The van der Waals surface area contributed by atoms with Crippen LogP contribution in [0.5, 0.6) is 11.5 Å². The summed E-state index contributed by atoms with van der Waals surface area (Å²) in [4.78, 5) is 4.21. The van der Waals surface area contributed by atoms with Gasteiger partial charge in [0.2, 0.25) is 0 Å². The molecule has 5 heteroatoms. The highest BCUT2D eigenvalue weighted by molar-refractivity contribution is 6.29. The van der Waals surface area contributed by atoms with Crippen molar-refractivity contribution in [2.75, 3.05) is 18.5 Å². The lowest BCUT2D eigenvalue weighted by Crippen LogP contribution is -2.15. The maximum Gasteiger partial charge on any atom is 0.161 e. The molecule has 0 fully saturated rings. The second kappa shape index (κ2) is 5.59. The predicted octanol–water partition coefficient (Wildman–Crippen LogP) is 3.43. The number of hydrogen-bond donors (Lipinski definition) is 1. The number of halogens is 1. The first-order chi connectivity index (χ1) is 9.72. The van der Waals surface area contributed by atoms with Crippen molar-refractivity contribution < 1.29 is 9.47 Å². The first kappa shape index (κ1) is 13.1. The molecule has 0 unspecified atom stereocenters. The molecule has 0 radical (unpaired) electrons. The molecule has 1 aromatic heterocycles. The maximum atomic E-state index is 5.84. The van der Waals surface area contributed by atoms with Gasteiger partial charge in [0.15, 0.2) is 11.5 Å². The predicted molar refractivity (Wildman–Crippen MR) is 78.7 cm³/mol. The number of hydrogen-bond acceptors (Lipinski definition) is 4. The van der Waals surface area contributed by atoms with Gasteiger partial charge in [-0.25, -0.2) is 4.98 Å². The fraction of sp³-hybridized carbons (Fsp3) is 0.267. The minimum absolute atomic E-state index is 0.507. The highest BCUT2D eigenvalue weighted by Crippen LogP contribution is 2.31. The number of rotatable bonds is 3. The summed E-state index contributed by atoms with van der Waals surface area (Å²) in [6.45, 7) is 3.84. The number of nitrogens with one attached hydrogen (secondary N) is 1. The Hall–Kier alpha value is -1.94.